The Kier molecular flexibility index (Phi) is 5.73. The third kappa shape index (κ3) is 3.12. The monoisotopic (exact) mass is 566 g/mol. The number of amides is 1. The first-order valence-corrected chi connectivity index (χ1v) is 11.9. The number of carbonyl (C=O) groups excluding carboxylic acids is 3. The average molecular weight is 566 g/mol. The number of nitrogens with zero attached hydrogens (tertiary/aromatic N) is 1. The Morgan fingerprint density at radius 2 is 1.94 bits per heavy atom. The van der Waals surface area contributed by atoms with Crippen molar-refractivity contribution in [2.75, 3.05) is 14.1 Å². The minimum atomic E-state index is -2.46. The van der Waals surface area contributed by atoms with Crippen LogP contribution in [0.3, 0.4) is 0 Å². The molecule has 3 aliphatic rings. The minimum absolute atomic E-state index is 0.0742. The second-order valence-electron chi connectivity index (χ2n) is 9.33. The molecule has 0 saturated heterocycles. The number of fused-ring (bicyclic) bond motifs is 3. The van der Waals surface area contributed by atoms with E-state index in [4.69, 9.17) is 5.73 Å². The van der Waals surface area contributed by atoms with Gasteiger partial charge < -0.3 is 26.0 Å². The number of benzene rings is 1. The normalized spacial score (nSPS) is 29.2. The molecule has 0 saturated carbocycles. The fraction of sp³-hybridized carbons (Fsp3) is 0.458. The van der Waals surface area contributed by atoms with Crippen LogP contribution in [0.15, 0.2) is 28.5 Å². The summed E-state index contributed by atoms with van der Waals surface area (Å²) < 4.78 is 0.512. The standard InChI is InChI=1S/C24H27IN2O6/c1-5-10-8-14(25)19(28)17-12(10)6-11-7-13-18(27(3)4)9(2)15(23(26)32)21(30)24(13,33)22(31)16(11)20(17)29/h8,11,13,18,28,31,33H,5-7H2,1-4H3,(H2,26,32)/t11-,13-,18?,24+/m0/s1. The molecule has 8 nitrogen and oxygen atoms in total. The lowest BCUT2D eigenvalue weighted by Crippen LogP contribution is -2.63. The largest absolute Gasteiger partial charge is 0.508 e. The molecule has 176 valence electrons. The van der Waals surface area contributed by atoms with Crippen molar-refractivity contribution >= 4 is 40.1 Å². The number of hydrogen-bond donors (Lipinski definition) is 4. The van der Waals surface area contributed by atoms with Crippen LogP contribution in [0.5, 0.6) is 5.75 Å². The Morgan fingerprint density at radius 3 is 2.48 bits per heavy atom. The number of primary amides is 1. The molecular formula is C24H27IN2O6. The zero-order valence-corrected chi connectivity index (χ0v) is 21.1. The maximum Gasteiger partial charge on any atom is 0.252 e. The summed E-state index contributed by atoms with van der Waals surface area (Å²) in [4.78, 5) is 40.9. The number of nitrogens with two attached hydrogens (primary N) is 1. The number of ketones is 2. The molecule has 1 aromatic carbocycles. The number of hydrogen-bond acceptors (Lipinski definition) is 7. The summed E-state index contributed by atoms with van der Waals surface area (Å²) in [5.41, 5.74) is 4.82. The van der Waals surface area contributed by atoms with E-state index in [1.807, 2.05) is 35.6 Å². The highest BCUT2D eigenvalue weighted by atomic mass is 127. The number of halogens is 1. The van der Waals surface area contributed by atoms with Crippen molar-refractivity contribution in [1.29, 1.82) is 0 Å². The molecule has 0 spiro atoms. The lowest BCUT2D eigenvalue weighted by atomic mass is 9.57. The van der Waals surface area contributed by atoms with Gasteiger partial charge in [0.05, 0.1) is 14.7 Å². The zero-order valence-electron chi connectivity index (χ0n) is 18.9. The summed E-state index contributed by atoms with van der Waals surface area (Å²) in [6.45, 7) is 3.60. The molecule has 33 heavy (non-hydrogen) atoms. The van der Waals surface area contributed by atoms with Gasteiger partial charge in [-0.15, -0.1) is 0 Å². The van der Waals surface area contributed by atoms with Crippen LogP contribution in [0.2, 0.25) is 0 Å². The number of rotatable bonds is 3. The summed E-state index contributed by atoms with van der Waals surface area (Å²) >= 11 is 1.95. The van der Waals surface area contributed by atoms with E-state index in [1.165, 1.54) is 0 Å². The van der Waals surface area contributed by atoms with Crippen molar-refractivity contribution in [2.24, 2.45) is 17.6 Å². The molecule has 1 amide bonds. The zero-order chi connectivity index (χ0) is 24.6. The van der Waals surface area contributed by atoms with Crippen molar-refractivity contribution < 1.29 is 29.7 Å². The molecule has 4 atom stereocenters. The quantitative estimate of drug-likeness (QED) is 0.323. The van der Waals surface area contributed by atoms with Crippen molar-refractivity contribution in [3.05, 3.63) is 48.8 Å². The van der Waals surface area contributed by atoms with Crippen molar-refractivity contribution in [2.45, 2.75) is 44.8 Å². The first-order chi connectivity index (χ1) is 15.4. The van der Waals surface area contributed by atoms with Crippen LogP contribution >= 0.6 is 22.6 Å². The number of Topliss-reactive ketones (excluding diaryl/α,β-unsaturated/α-hetero) is 2. The lowest BCUT2D eigenvalue weighted by Gasteiger charge is -2.51. The van der Waals surface area contributed by atoms with Gasteiger partial charge in [-0.3, -0.25) is 14.4 Å². The van der Waals surface area contributed by atoms with Crippen LogP contribution in [-0.2, 0) is 22.4 Å². The summed E-state index contributed by atoms with van der Waals surface area (Å²) in [6, 6.07) is 1.31. The Bertz CT molecular complexity index is 1180. The summed E-state index contributed by atoms with van der Waals surface area (Å²) in [6.07, 6.45) is 1.30. The van der Waals surface area contributed by atoms with Gasteiger partial charge in [-0.1, -0.05) is 6.92 Å². The van der Waals surface area contributed by atoms with Gasteiger partial charge in [0, 0.05) is 17.5 Å². The van der Waals surface area contributed by atoms with Crippen LogP contribution in [0.1, 0.15) is 41.8 Å². The fourth-order valence-corrected chi connectivity index (χ4v) is 6.70. The number of allylic oxidation sites excluding steroid dienone is 1. The van der Waals surface area contributed by atoms with E-state index in [0.717, 1.165) is 11.1 Å². The van der Waals surface area contributed by atoms with Gasteiger partial charge in [0.15, 0.2) is 11.4 Å². The third-order valence-electron chi connectivity index (χ3n) is 7.45. The lowest BCUT2D eigenvalue weighted by molar-refractivity contribution is -0.146. The number of aryl methyl sites for hydroxylation is 1. The molecule has 0 heterocycles. The number of aliphatic hydroxyl groups excluding tert-OH is 1. The molecule has 9 heteroatoms. The van der Waals surface area contributed by atoms with E-state index in [1.54, 1.807) is 25.9 Å². The van der Waals surface area contributed by atoms with Gasteiger partial charge in [0.2, 0.25) is 5.78 Å². The van der Waals surface area contributed by atoms with Gasteiger partial charge in [-0.2, -0.15) is 0 Å². The minimum Gasteiger partial charge on any atom is -0.508 e. The highest BCUT2D eigenvalue weighted by Gasteiger charge is 2.62. The number of aliphatic hydroxyl groups is 2. The van der Waals surface area contributed by atoms with Gasteiger partial charge in [0.1, 0.15) is 11.5 Å². The van der Waals surface area contributed by atoms with Crippen molar-refractivity contribution in [3.8, 4) is 5.75 Å². The molecule has 0 bridgehead atoms. The average Bonchev–Trinajstić information content (AvgIpc) is 2.72. The number of likely N-dealkylation sites (N-methyl/N-ethyl adjacent to an activating group) is 1. The SMILES string of the molecule is CCc1cc(I)c(O)c2c1C[C@H]1C[C@H]3C(N(C)C)C(C)=C(C(N)=O)C(=O)[C@@]3(O)C(O)=C1C2=O. The summed E-state index contributed by atoms with van der Waals surface area (Å²) in [5, 5.41) is 33.7. The molecule has 0 aromatic heterocycles. The first kappa shape index (κ1) is 23.9. The molecule has 1 unspecified atom stereocenters. The Hall–Kier alpha value is -2.24. The Balaban J connectivity index is 1.99. The maximum absolute atomic E-state index is 13.6. The van der Waals surface area contributed by atoms with E-state index in [2.05, 4.69) is 0 Å². The van der Waals surface area contributed by atoms with Crippen LogP contribution in [-0.4, -0.2) is 63.4 Å². The maximum atomic E-state index is 13.6. The van der Waals surface area contributed by atoms with E-state index in [-0.39, 0.29) is 28.9 Å². The molecule has 3 aliphatic carbocycles. The van der Waals surface area contributed by atoms with Crippen LogP contribution < -0.4 is 5.73 Å². The van der Waals surface area contributed by atoms with Crippen molar-refractivity contribution in [1.82, 2.24) is 4.90 Å². The summed E-state index contributed by atoms with van der Waals surface area (Å²) in [7, 11) is 3.52. The second kappa shape index (κ2) is 7.92. The Labute approximate surface area is 205 Å². The number of carbonyl (C=O) groups is 3. The molecular weight excluding hydrogens is 539 g/mol. The van der Waals surface area contributed by atoms with Gasteiger partial charge in [0.25, 0.3) is 5.91 Å². The number of phenolic OH excluding ortho intramolecular Hbond substituents is 1. The molecule has 0 fully saturated rings. The topological polar surface area (TPSA) is 141 Å². The number of aromatic hydroxyl groups is 1. The van der Waals surface area contributed by atoms with Crippen LogP contribution in [0.25, 0.3) is 0 Å². The molecule has 0 aliphatic heterocycles. The predicted molar refractivity (Wildman–Crippen MR) is 129 cm³/mol. The first-order valence-electron chi connectivity index (χ1n) is 10.8. The van der Waals surface area contributed by atoms with Gasteiger partial charge >= 0.3 is 0 Å². The van der Waals surface area contributed by atoms with E-state index >= 15 is 0 Å². The molecule has 4 rings (SSSR count). The molecule has 5 N–H and O–H groups in total. The van der Waals surface area contributed by atoms with E-state index in [0.29, 0.717) is 22.0 Å². The Morgan fingerprint density at radius 1 is 1.30 bits per heavy atom. The third-order valence-corrected chi connectivity index (χ3v) is 8.27. The van der Waals surface area contributed by atoms with Gasteiger partial charge in [-0.25, -0.2) is 0 Å². The smallest absolute Gasteiger partial charge is 0.252 e. The molecule has 1 aromatic rings. The fourth-order valence-electron chi connectivity index (χ4n) is 6.06. The van der Waals surface area contributed by atoms with E-state index in [9.17, 15) is 29.7 Å². The number of phenols is 1. The molecule has 0 radical (unpaired) electrons. The van der Waals surface area contributed by atoms with Crippen LogP contribution in [0.4, 0.5) is 0 Å². The highest BCUT2D eigenvalue weighted by molar-refractivity contribution is 14.1. The van der Waals surface area contributed by atoms with Crippen LogP contribution in [0, 0.1) is 15.4 Å². The second-order valence-corrected chi connectivity index (χ2v) is 10.5. The summed E-state index contributed by atoms with van der Waals surface area (Å²) in [5.74, 6) is -4.71. The van der Waals surface area contributed by atoms with E-state index < -0.39 is 46.7 Å². The van der Waals surface area contributed by atoms with Crippen molar-refractivity contribution in [3.63, 3.8) is 0 Å². The van der Waals surface area contributed by atoms with Gasteiger partial charge in [-0.05, 0) is 91.6 Å². The highest BCUT2D eigenvalue weighted by Crippen LogP contribution is 2.53. The predicted octanol–water partition coefficient (Wildman–Crippen LogP) is 1.79.